The number of carbonyl (C=O) groups excluding carboxylic acids is 1. The number of amides is 1. The third kappa shape index (κ3) is 5.63. The number of nitrogens with zero attached hydrogens (tertiary/aromatic N) is 6. The van der Waals surface area contributed by atoms with Gasteiger partial charge in [-0.15, -0.1) is 11.3 Å². The fourth-order valence-electron chi connectivity index (χ4n) is 4.40. The predicted octanol–water partition coefficient (Wildman–Crippen LogP) is 4.20. The minimum Gasteiger partial charge on any atom is -0.338 e. The Hall–Kier alpha value is -2.76. The van der Waals surface area contributed by atoms with E-state index >= 15 is 0 Å². The first kappa shape index (κ1) is 23.6. The number of aryl methyl sites for hydroxylation is 2. The fourth-order valence-corrected chi connectivity index (χ4v) is 6.18. The molecule has 0 bridgehead atoms. The van der Waals surface area contributed by atoms with Crippen LogP contribution in [0.1, 0.15) is 36.3 Å². The molecule has 6 rings (SSSR count). The van der Waals surface area contributed by atoms with Crippen molar-refractivity contribution in [1.82, 2.24) is 24.8 Å². The van der Waals surface area contributed by atoms with E-state index in [1.54, 1.807) is 11.3 Å². The Balaban J connectivity index is 1.22. The van der Waals surface area contributed by atoms with Gasteiger partial charge in [0.05, 0.1) is 5.69 Å². The average Bonchev–Trinajstić information content (AvgIpc) is 3.66. The summed E-state index contributed by atoms with van der Waals surface area (Å²) in [7, 11) is 2.14. The van der Waals surface area contributed by atoms with Gasteiger partial charge in [-0.3, -0.25) is 10.1 Å². The van der Waals surface area contributed by atoms with Crippen LogP contribution in [0.4, 0.5) is 22.7 Å². The first-order chi connectivity index (χ1) is 17.6. The van der Waals surface area contributed by atoms with Crippen LogP contribution in [0.2, 0.25) is 0 Å². The molecule has 2 aliphatic carbocycles. The molecule has 3 aromatic rings. The lowest BCUT2D eigenvalue weighted by atomic mass is 10.0. The van der Waals surface area contributed by atoms with Gasteiger partial charge < -0.3 is 15.1 Å². The van der Waals surface area contributed by atoms with Gasteiger partial charge in [0.15, 0.2) is 10.3 Å². The number of piperazine rings is 1. The SMILES string of the molecule is CN1CCN(c2nc(Nc3nc4c(s3)CCCC4)nc(Sc3ccc(NC(=O)C4CC4)cc3)n2)CC1. The van der Waals surface area contributed by atoms with E-state index in [1.165, 1.54) is 35.2 Å². The van der Waals surface area contributed by atoms with E-state index in [4.69, 9.17) is 19.9 Å². The Kier molecular flexibility index (Phi) is 6.77. The Labute approximate surface area is 219 Å². The molecule has 36 heavy (non-hydrogen) atoms. The van der Waals surface area contributed by atoms with Gasteiger partial charge in [0.25, 0.3) is 0 Å². The van der Waals surface area contributed by atoms with E-state index in [0.29, 0.717) is 17.1 Å². The highest BCUT2D eigenvalue weighted by Crippen LogP contribution is 2.33. The van der Waals surface area contributed by atoms with Crippen molar-refractivity contribution in [1.29, 1.82) is 0 Å². The average molecular weight is 523 g/mol. The highest BCUT2D eigenvalue weighted by Gasteiger charge is 2.29. The van der Waals surface area contributed by atoms with Crippen LogP contribution in [-0.2, 0) is 17.6 Å². The zero-order valence-corrected chi connectivity index (χ0v) is 22.0. The number of hydrogen-bond donors (Lipinski definition) is 2. The van der Waals surface area contributed by atoms with Gasteiger partial charge >= 0.3 is 0 Å². The Bertz CT molecular complexity index is 1210. The maximum Gasteiger partial charge on any atom is 0.234 e. The molecule has 188 valence electrons. The largest absolute Gasteiger partial charge is 0.338 e. The zero-order valence-electron chi connectivity index (χ0n) is 20.4. The molecule has 9 nitrogen and oxygen atoms in total. The normalized spacial score (nSPS) is 18.1. The summed E-state index contributed by atoms with van der Waals surface area (Å²) in [5.74, 6) is 1.52. The summed E-state index contributed by atoms with van der Waals surface area (Å²) in [5, 5.41) is 7.85. The van der Waals surface area contributed by atoms with Crippen molar-refractivity contribution >= 4 is 51.7 Å². The Morgan fingerprint density at radius 2 is 1.78 bits per heavy atom. The lowest BCUT2D eigenvalue weighted by molar-refractivity contribution is -0.117. The lowest BCUT2D eigenvalue weighted by Gasteiger charge is -2.32. The summed E-state index contributed by atoms with van der Waals surface area (Å²) in [5.41, 5.74) is 2.03. The van der Waals surface area contributed by atoms with E-state index in [0.717, 1.165) is 67.6 Å². The second-order valence-corrected chi connectivity index (χ2v) is 11.8. The summed E-state index contributed by atoms with van der Waals surface area (Å²) < 4.78 is 0. The van der Waals surface area contributed by atoms with Gasteiger partial charge in [0.2, 0.25) is 17.8 Å². The van der Waals surface area contributed by atoms with Crippen molar-refractivity contribution in [2.75, 3.05) is 48.8 Å². The number of thiazole rings is 1. The van der Waals surface area contributed by atoms with Crippen LogP contribution in [0.25, 0.3) is 0 Å². The quantitative estimate of drug-likeness (QED) is 0.473. The molecule has 0 atom stereocenters. The smallest absolute Gasteiger partial charge is 0.234 e. The van der Waals surface area contributed by atoms with Crippen LogP contribution in [0.15, 0.2) is 34.3 Å². The van der Waals surface area contributed by atoms with Gasteiger partial charge in [0.1, 0.15) is 0 Å². The molecule has 1 saturated heterocycles. The molecule has 1 aromatic carbocycles. The minimum absolute atomic E-state index is 0.115. The maximum atomic E-state index is 12.0. The van der Waals surface area contributed by atoms with Crippen molar-refractivity contribution in [3.63, 3.8) is 0 Å². The molecule has 2 aromatic heterocycles. The zero-order chi connectivity index (χ0) is 24.5. The topological polar surface area (TPSA) is 99.2 Å². The molecule has 1 aliphatic heterocycles. The van der Waals surface area contributed by atoms with Crippen molar-refractivity contribution in [3.05, 3.63) is 34.8 Å². The van der Waals surface area contributed by atoms with Crippen LogP contribution in [0, 0.1) is 5.92 Å². The first-order valence-corrected chi connectivity index (χ1v) is 14.3. The maximum absolute atomic E-state index is 12.0. The van der Waals surface area contributed by atoms with Crippen LogP contribution in [0.3, 0.4) is 0 Å². The van der Waals surface area contributed by atoms with Gasteiger partial charge in [-0.05, 0) is 81.6 Å². The highest BCUT2D eigenvalue weighted by molar-refractivity contribution is 7.99. The van der Waals surface area contributed by atoms with E-state index in [-0.39, 0.29) is 11.8 Å². The van der Waals surface area contributed by atoms with Crippen LogP contribution < -0.4 is 15.5 Å². The molecular formula is C25H30N8OS2. The molecule has 2 fully saturated rings. The van der Waals surface area contributed by atoms with Crippen molar-refractivity contribution in [2.45, 2.75) is 48.6 Å². The highest BCUT2D eigenvalue weighted by atomic mass is 32.2. The molecule has 0 radical (unpaired) electrons. The number of anilines is 4. The third-order valence-corrected chi connectivity index (χ3v) is 8.68. The van der Waals surface area contributed by atoms with Crippen LogP contribution in [0.5, 0.6) is 0 Å². The van der Waals surface area contributed by atoms with Crippen molar-refractivity contribution in [2.24, 2.45) is 5.92 Å². The van der Waals surface area contributed by atoms with Gasteiger partial charge in [-0.25, -0.2) is 4.98 Å². The van der Waals surface area contributed by atoms with Crippen LogP contribution in [-0.4, -0.2) is 64.0 Å². The Morgan fingerprint density at radius 3 is 2.53 bits per heavy atom. The fraction of sp³-hybridized carbons (Fsp3) is 0.480. The van der Waals surface area contributed by atoms with E-state index in [2.05, 4.69) is 27.5 Å². The molecule has 2 N–H and O–H groups in total. The minimum atomic E-state index is 0.115. The predicted molar refractivity (Wildman–Crippen MR) is 143 cm³/mol. The molecule has 0 spiro atoms. The summed E-state index contributed by atoms with van der Waals surface area (Å²) in [6.07, 6.45) is 6.59. The summed E-state index contributed by atoms with van der Waals surface area (Å²) in [6.45, 7) is 3.71. The van der Waals surface area contributed by atoms with Gasteiger partial charge in [-0.2, -0.15) is 15.0 Å². The molecule has 1 amide bonds. The standard InChI is InChI=1S/C25H30N8OS2/c1-32-12-14-33(15-13-32)23-28-22(29-24-27-19-4-2-3-5-20(19)36-24)30-25(31-23)35-18-10-8-17(9-11-18)26-21(34)16-6-7-16/h8-11,16H,2-7,12-15H2,1H3,(H,26,34)(H,27,28,29,30,31). The van der Waals surface area contributed by atoms with Crippen LogP contribution >= 0.6 is 23.1 Å². The number of nitrogens with one attached hydrogen (secondary N) is 2. The number of hydrogen-bond acceptors (Lipinski definition) is 10. The van der Waals surface area contributed by atoms with E-state index < -0.39 is 0 Å². The number of carbonyl (C=O) groups is 1. The molecule has 3 heterocycles. The summed E-state index contributed by atoms with van der Waals surface area (Å²) in [6, 6.07) is 7.86. The molecule has 1 saturated carbocycles. The van der Waals surface area contributed by atoms with E-state index in [1.807, 2.05) is 24.3 Å². The first-order valence-electron chi connectivity index (χ1n) is 12.6. The third-order valence-electron chi connectivity index (χ3n) is 6.73. The summed E-state index contributed by atoms with van der Waals surface area (Å²) in [4.78, 5) is 38.1. The van der Waals surface area contributed by atoms with Gasteiger partial charge in [0, 0.05) is 47.6 Å². The molecule has 0 unspecified atom stereocenters. The second-order valence-electron chi connectivity index (χ2n) is 9.64. The number of aromatic nitrogens is 4. The van der Waals surface area contributed by atoms with E-state index in [9.17, 15) is 4.79 Å². The number of rotatable bonds is 7. The number of benzene rings is 1. The molecule has 3 aliphatic rings. The Morgan fingerprint density at radius 1 is 1.00 bits per heavy atom. The summed E-state index contributed by atoms with van der Waals surface area (Å²) >= 11 is 3.21. The molecular weight excluding hydrogens is 492 g/mol. The lowest BCUT2D eigenvalue weighted by Crippen LogP contribution is -2.45. The van der Waals surface area contributed by atoms with Crippen molar-refractivity contribution in [3.8, 4) is 0 Å². The second kappa shape index (κ2) is 10.3. The number of fused-ring (bicyclic) bond motifs is 1. The monoisotopic (exact) mass is 522 g/mol. The van der Waals surface area contributed by atoms with Crippen molar-refractivity contribution < 1.29 is 4.79 Å². The molecule has 11 heteroatoms. The number of likely N-dealkylation sites (N-methyl/N-ethyl adjacent to an activating group) is 1. The van der Waals surface area contributed by atoms with Gasteiger partial charge in [-0.1, -0.05) is 0 Å².